The molecule has 0 aromatic rings. The topological polar surface area (TPSA) is 18.5 Å². The normalized spacial score (nSPS) is 36.0. The molecule has 0 aliphatic carbocycles. The molecule has 0 aromatic heterocycles. The summed E-state index contributed by atoms with van der Waals surface area (Å²) in [7, 11) is 0. The van der Waals surface area contributed by atoms with Gasteiger partial charge in [0, 0.05) is 77.6 Å². The second-order valence-corrected chi connectivity index (χ2v) is 6.38. The van der Waals surface area contributed by atoms with Crippen molar-refractivity contribution in [1.29, 1.82) is 0 Å². The van der Waals surface area contributed by atoms with E-state index in [9.17, 15) is 0 Å². The van der Waals surface area contributed by atoms with Crippen molar-refractivity contribution >= 4 is 0 Å². The summed E-state index contributed by atoms with van der Waals surface area (Å²) < 4.78 is 11.1. The van der Waals surface area contributed by atoms with Gasteiger partial charge in [-0.25, -0.2) is 13.2 Å². The van der Waals surface area contributed by atoms with Crippen LogP contribution in [0.2, 0.25) is 0 Å². The van der Waals surface area contributed by atoms with Crippen LogP contribution < -0.4 is 0 Å². The zero-order valence-corrected chi connectivity index (χ0v) is 18.4. The minimum Gasteiger partial charge on any atom is -0.550 e. The molecule has 0 N–H and O–H groups in total. The molecule has 19 heavy (non-hydrogen) atoms. The Hall–Kier alpha value is 2.13. The minimum absolute atomic E-state index is 0. The summed E-state index contributed by atoms with van der Waals surface area (Å²) in [5, 5.41) is 0. The van der Waals surface area contributed by atoms with E-state index in [1.165, 1.54) is 12.8 Å². The molecule has 0 aromatic carbocycles. The van der Waals surface area contributed by atoms with Crippen LogP contribution in [0, 0.1) is 30.5 Å². The van der Waals surface area contributed by atoms with Gasteiger partial charge in [0.1, 0.15) is 0 Å². The van der Waals surface area contributed by atoms with Crippen LogP contribution in [0.15, 0.2) is 0 Å². The van der Waals surface area contributed by atoms with Crippen LogP contribution >= 0.6 is 0 Å². The first-order valence-electron chi connectivity index (χ1n) is 6.94. The van der Waals surface area contributed by atoms with Crippen molar-refractivity contribution in [2.45, 2.75) is 65.6 Å². The Kier molecular flexibility index (Phi) is 10.4. The first-order chi connectivity index (χ1) is 8.00. The van der Waals surface area contributed by atoms with Crippen molar-refractivity contribution in [2.24, 2.45) is 17.3 Å². The fourth-order valence-electron chi connectivity index (χ4n) is 3.33. The fraction of sp³-hybridized carbons (Fsp3) is 0.867. The summed E-state index contributed by atoms with van der Waals surface area (Å²) in [5.41, 5.74) is 0.378. The van der Waals surface area contributed by atoms with Gasteiger partial charge in [0.05, 0.1) is 0 Å². The van der Waals surface area contributed by atoms with Crippen LogP contribution in [-0.2, 0) is 74.9 Å². The van der Waals surface area contributed by atoms with Crippen molar-refractivity contribution in [3.8, 4) is 0 Å². The zero-order valence-electron chi connectivity index (χ0n) is 12.8. The molecule has 2 heterocycles. The van der Waals surface area contributed by atoms with E-state index in [0.29, 0.717) is 17.6 Å². The minimum atomic E-state index is 0. The molecule has 2 rings (SSSR count). The molecule has 2 saturated heterocycles. The molecule has 4 unspecified atom stereocenters. The SMILES string of the molecule is CC1CC(C(C)(C)C2C[CH-]OC(C)C2)C[CH-]O1.[Y].[Y]. The van der Waals surface area contributed by atoms with Crippen LogP contribution in [0.5, 0.6) is 0 Å². The number of hydrogen-bond donors (Lipinski definition) is 0. The van der Waals surface area contributed by atoms with E-state index in [-0.39, 0.29) is 65.4 Å². The fourth-order valence-corrected chi connectivity index (χ4v) is 3.33. The summed E-state index contributed by atoms with van der Waals surface area (Å²) in [4.78, 5) is 0. The molecule has 4 heteroatoms. The molecule has 2 radical (unpaired) electrons. The third kappa shape index (κ3) is 5.68. The van der Waals surface area contributed by atoms with Gasteiger partial charge in [0.2, 0.25) is 0 Å². The molecule has 0 bridgehead atoms. The molecule has 2 nitrogen and oxygen atoms in total. The predicted molar refractivity (Wildman–Crippen MR) is 68.9 cm³/mol. The predicted octanol–water partition coefficient (Wildman–Crippen LogP) is 3.96. The van der Waals surface area contributed by atoms with Crippen LogP contribution in [0.1, 0.15) is 53.4 Å². The first-order valence-corrected chi connectivity index (χ1v) is 6.94. The van der Waals surface area contributed by atoms with Crippen LogP contribution in [0.25, 0.3) is 0 Å². The summed E-state index contributed by atoms with van der Waals surface area (Å²) in [6.07, 6.45) is 5.35. The Morgan fingerprint density at radius 1 is 0.842 bits per heavy atom. The molecular weight excluding hydrogens is 390 g/mol. The van der Waals surface area contributed by atoms with Gasteiger partial charge in [-0.15, -0.1) is 0 Å². The molecule has 106 valence electrons. The average Bonchev–Trinajstić information content (AvgIpc) is 2.29. The van der Waals surface area contributed by atoms with Crippen LogP contribution in [0.3, 0.4) is 0 Å². The summed E-state index contributed by atoms with van der Waals surface area (Å²) >= 11 is 0. The second-order valence-electron chi connectivity index (χ2n) is 6.38. The van der Waals surface area contributed by atoms with Gasteiger partial charge in [-0.2, -0.15) is 12.8 Å². The van der Waals surface area contributed by atoms with E-state index in [0.717, 1.165) is 24.7 Å². The third-order valence-corrected chi connectivity index (χ3v) is 4.76. The Bertz CT molecular complexity index is 235. The van der Waals surface area contributed by atoms with Crippen LogP contribution in [0.4, 0.5) is 0 Å². The van der Waals surface area contributed by atoms with Gasteiger partial charge in [-0.05, 0) is 32.1 Å². The molecule has 2 aliphatic heterocycles. The van der Waals surface area contributed by atoms with Crippen LogP contribution in [-0.4, -0.2) is 12.2 Å². The molecule has 0 spiro atoms. The maximum Gasteiger partial charge on any atom is 0.0203 e. The summed E-state index contributed by atoms with van der Waals surface area (Å²) in [5.74, 6) is 1.49. The van der Waals surface area contributed by atoms with Gasteiger partial charge in [0.15, 0.2) is 0 Å². The Morgan fingerprint density at radius 3 is 1.53 bits per heavy atom. The maximum atomic E-state index is 5.55. The molecule has 4 atom stereocenters. The monoisotopic (exact) mass is 416 g/mol. The van der Waals surface area contributed by atoms with Gasteiger partial charge >= 0.3 is 0 Å². The van der Waals surface area contributed by atoms with Gasteiger partial charge in [0.25, 0.3) is 0 Å². The molecule has 0 amide bonds. The summed E-state index contributed by atoms with van der Waals surface area (Å²) in [6, 6.07) is 0. The molecular formula is C15H26O2Y2-2. The second kappa shape index (κ2) is 9.31. The van der Waals surface area contributed by atoms with Gasteiger partial charge in [-0.3, -0.25) is 0 Å². The Morgan fingerprint density at radius 2 is 1.21 bits per heavy atom. The number of hydrogen-bond acceptors (Lipinski definition) is 2. The largest absolute Gasteiger partial charge is 0.550 e. The smallest absolute Gasteiger partial charge is 0.0203 e. The number of ether oxygens (including phenoxy) is 2. The molecule has 2 fully saturated rings. The summed E-state index contributed by atoms with van der Waals surface area (Å²) in [6.45, 7) is 13.3. The standard InChI is InChI=1S/C15H26O2.2Y/c1-11-9-13(5-7-16-11)15(3,4)14-6-8-17-12(2)10-14;;/h7-8,11-14H,5-6,9-10H2,1-4H3;;/q-2;;. The zero-order chi connectivity index (χ0) is 12.5. The van der Waals surface area contributed by atoms with E-state index >= 15 is 0 Å². The Balaban J connectivity index is 0.00000162. The van der Waals surface area contributed by atoms with Crippen molar-refractivity contribution in [3.63, 3.8) is 0 Å². The quantitative estimate of drug-likeness (QED) is 0.635. The Labute approximate surface area is 169 Å². The third-order valence-electron chi connectivity index (χ3n) is 4.76. The van der Waals surface area contributed by atoms with E-state index in [1.807, 2.05) is 13.2 Å². The molecule has 2 aliphatic rings. The van der Waals surface area contributed by atoms with E-state index in [4.69, 9.17) is 9.47 Å². The number of rotatable bonds is 2. The van der Waals surface area contributed by atoms with Crippen molar-refractivity contribution in [1.82, 2.24) is 0 Å². The van der Waals surface area contributed by atoms with Crippen molar-refractivity contribution < 1.29 is 74.9 Å². The first kappa shape index (κ1) is 21.1. The van der Waals surface area contributed by atoms with Gasteiger partial charge < -0.3 is 9.47 Å². The van der Waals surface area contributed by atoms with Gasteiger partial charge in [-0.1, -0.05) is 25.7 Å². The van der Waals surface area contributed by atoms with Crippen molar-refractivity contribution in [3.05, 3.63) is 13.2 Å². The van der Waals surface area contributed by atoms with E-state index in [1.54, 1.807) is 0 Å². The van der Waals surface area contributed by atoms with Crippen molar-refractivity contribution in [2.75, 3.05) is 0 Å². The molecule has 0 saturated carbocycles. The maximum absolute atomic E-state index is 5.55. The van der Waals surface area contributed by atoms with E-state index < -0.39 is 0 Å². The van der Waals surface area contributed by atoms with E-state index in [2.05, 4.69) is 27.7 Å². The average molecular weight is 416 g/mol.